The van der Waals surface area contributed by atoms with Gasteiger partial charge in [0, 0.05) is 17.5 Å². The lowest BCUT2D eigenvalue weighted by Crippen LogP contribution is -2.63. The number of carbonyl (C=O) groups excluding carboxylic acids is 3. The van der Waals surface area contributed by atoms with E-state index in [0.717, 1.165) is 50.0 Å². The first kappa shape index (κ1) is 24.5. The minimum absolute atomic E-state index is 0.0313. The van der Waals surface area contributed by atoms with E-state index in [1.807, 2.05) is 23.1 Å². The molecule has 2 aromatic rings. The van der Waals surface area contributed by atoms with Crippen molar-refractivity contribution in [1.29, 1.82) is 0 Å². The SMILES string of the molecule is CNC(C)(C(N)=O)[C@@H](C(=O)N1CCC[C@H]1c1nc(C(=O)c2ccccc2)cs1)C1CCCCC1. The van der Waals surface area contributed by atoms with Gasteiger partial charge >= 0.3 is 0 Å². The van der Waals surface area contributed by atoms with Gasteiger partial charge in [0.15, 0.2) is 0 Å². The summed E-state index contributed by atoms with van der Waals surface area (Å²) in [6.07, 6.45) is 6.79. The zero-order chi connectivity index (χ0) is 24.3. The zero-order valence-electron chi connectivity index (χ0n) is 20.0. The number of amides is 2. The number of ketones is 1. The van der Waals surface area contributed by atoms with Crippen LogP contribution in [0.1, 0.15) is 79.0 Å². The molecule has 2 heterocycles. The number of carbonyl (C=O) groups is 3. The fourth-order valence-corrected chi connectivity index (χ4v) is 6.51. The molecular weight excluding hydrogens is 448 g/mol. The molecule has 7 nitrogen and oxygen atoms in total. The van der Waals surface area contributed by atoms with E-state index >= 15 is 0 Å². The average molecular weight is 483 g/mol. The van der Waals surface area contributed by atoms with E-state index in [2.05, 4.69) is 10.3 Å². The Kier molecular flexibility index (Phi) is 7.48. The molecule has 0 bridgehead atoms. The van der Waals surface area contributed by atoms with Crippen LogP contribution < -0.4 is 11.1 Å². The molecule has 1 aromatic heterocycles. The zero-order valence-corrected chi connectivity index (χ0v) is 20.8. The molecule has 3 atom stereocenters. The van der Waals surface area contributed by atoms with Gasteiger partial charge in [-0.1, -0.05) is 49.6 Å². The molecule has 3 N–H and O–H groups in total. The van der Waals surface area contributed by atoms with Crippen LogP contribution in [0.4, 0.5) is 0 Å². The predicted molar refractivity (Wildman–Crippen MR) is 132 cm³/mol. The monoisotopic (exact) mass is 482 g/mol. The highest BCUT2D eigenvalue weighted by Gasteiger charge is 2.50. The summed E-state index contributed by atoms with van der Waals surface area (Å²) in [5.41, 5.74) is 5.73. The number of primary amides is 1. The van der Waals surface area contributed by atoms with Crippen LogP contribution in [0.5, 0.6) is 0 Å². The summed E-state index contributed by atoms with van der Waals surface area (Å²) in [5, 5.41) is 5.65. The third-order valence-corrected chi connectivity index (χ3v) is 8.60. The van der Waals surface area contributed by atoms with Gasteiger partial charge < -0.3 is 16.0 Å². The largest absolute Gasteiger partial charge is 0.368 e. The molecule has 1 aromatic carbocycles. The molecule has 0 spiro atoms. The van der Waals surface area contributed by atoms with Gasteiger partial charge in [-0.3, -0.25) is 14.4 Å². The number of thiazole rings is 1. The normalized spacial score (nSPS) is 21.7. The number of hydrogen-bond donors (Lipinski definition) is 2. The molecule has 4 rings (SSSR count). The summed E-state index contributed by atoms with van der Waals surface area (Å²) >= 11 is 1.42. The fraction of sp³-hybridized carbons (Fsp3) is 0.538. The molecule has 1 aliphatic heterocycles. The van der Waals surface area contributed by atoms with E-state index in [1.165, 1.54) is 11.3 Å². The van der Waals surface area contributed by atoms with Crippen LogP contribution in [-0.2, 0) is 9.59 Å². The van der Waals surface area contributed by atoms with Gasteiger partial charge in [-0.15, -0.1) is 11.3 Å². The standard InChI is InChI=1S/C26H34N4O3S/c1-26(28-2,25(27)33)21(17-10-5-3-6-11-17)24(32)30-15-9-14-20(30)23-29-19(16-34-23)22(31)18-12-7-4-8-13-18/h4,7-8,12-13,16-17,20-21,28H,3,5-6,9-11,14-15H2,1-2H3,(H2,27,33)/t20-,21+,26?/m0/s1. The molecule has 8 heteroatoms. The van der Waals surface area contributed by atoms with Crippen molar-refractivity contribution in [2.24, 2.45) is 17.6 Å². The van der Waals surface area contributed by atoms with Gasteiger partial charge in [0.05, 0.1) is 12.0 Å². The van der Waals surface area contributed by atoms with Crippen molar-refractivity contribution in [3.63, 3.8) is 0 Å². The summed E-state index contributed by atoms with van der Waals surface area (Å²) in [4.78, 5) is 46.0. The molecular formula is C26H34N4O3S. The smallest absolute Gasteiger partial charge is 0.238 e. The molecule has 2 fully saturated rings. The average Bonchev–Trinajstić information content (AvgIpc) is 3.54. The highest BCUT2D eigenvalue weighted by atomic mass is 32.1. The second-order valence-electron chi connectivity index (χ2n) is 9.65. The van der Waals surface area contributed by atoms with Crippen LogP contribution in [-0.4, -0.2) is 46.6 Å². The van der Waals surface area contributed by atoms with Gasteiger partial charge in [0.25, 0.3) is 0 Å². The van der Waals surface area contributed by atoms with Gasteiger partial charge in [-0.05, 0) is 45.6 Å². The molecule has 1 unspecified atom stereocenters. The Bertz CT molecular complexity index is 1030. The van der Waals surface area contributed by atoms with E-state index < -0.39 is 17.4 Å². The van der Waals surface area contributed by atoms with Gasteiger partial charge in [0.2, 0.25) is 17.6 Å². The summed E-state index contributed by atoms with van der Waals surface area (Å²) in [5.74, 6) is -1.06. The molecule has 1 aliphatic carbocycles. The number of rotatable bonds is 8. The maximum absolute atomic E-state index is 14.1. The third kappa shape index (κ3) is 4.66. The lowest BCUT2D eigenvalue weighted by atomic mass is 9.69. The lowest BCUT2D eigenvalue weighted by Gasteiger charge is -2.42. The highest BCUT2D eigenvalue weighted by Crippen LogP contribution is 2.41. The Morgan fingerprint density at radius 3 is 2.47 bits per heavy atom. The number of nitrogens with zero attached hydrogens (tertiary/aromatic N) is 2. The Hall–Kier alpha value is -2.58. The molecule has 2 aliphatic rings. The summed E-state index contributed by atoms with van der Waals surface area (Å²) in [7, 11) is 1.71. The number of likely N-dealkylation sites (tertiary alicyclic amines) is 1. The fourth-order valence-electron chi connectivity index (χ4n) is 5.57. The Morgan fingerprint density at radius 2 is 1.82 bits per heavy atom. The van der Waals surface area contributed by atoms with Crippen molar-refractivity contribution in [3.05, 3.63) is 52.0 Å². The van der Waals surface area contributed by atoms with E-state index in [4.69, 9.17) is 5.73 Å². The molecule has 34 heavy (non-hydrogen) atoms. The van der Waals surface area contributed by atoms with Gasteiger partial charge in [-0.2, -0.15) is 0 Å². The quantitative estimate of drug-likeness (QED) is 0.558. The third-order valence-electron chi connectivity index (χ3n) is 7.65. The second kappa shape index (κ2) is 10.4. The van der Waals surface area contributed by atoms with Gasteiger partial charge in [0.1, 0.15) is 16.2 Å². The van der Waals surface area contributed by atoms with Crippen LogP contribution in [0.15, 0.2) is 35.7 Å². The lowest BCUT2D eigenvalue weighted by molar-refractivity contribution is -0.147. The number of benzene rings is 1. The summed E-state index contributed by atoms with van der Waals surface area (Å²) in [6.45, 7) is 2.38. The molecule has 0 radical (unpaired) electrons. The van der Waals surface area contributed by atoms with Crippen molar-refractivity contribution in [2.45, 2.75) is 63.5 Å². The maximum Gasteiger partial charge on any atom is 0.238 e. The van der Waals surface area contributed by atoms with Crippen molar-refractivity contribution >= 4 is 28.9 Å². The van der Waals surface area contributed by atoms with Crippen LogP contribution >= 0.6 is 11.3 Å². The Labute approximate surface area is 205 Å². The van der Waals surface area contributed by atoms with Crippen LogP contribution in [0.2, 0.25) is 0 Å². The first-order chi connectivity index (χ1) is 16.4. The predicted octanol–water partition coefficient (Wildman–Crippen LogP) is 3.70. The van der Waals surface area contributed by atoms with Crippen LogP contribution in [0.3, 0.4) is 0 Å². The molecule has 1 saturated heterocycles. The van der Waals surface area contributed by atoms with Crippen molar-refractivity contribution in [2.75, 3.05) is 13.6 Å². The Balaban J connectivity index is 1.61. The number of aromatic nitrogens is 1. The van der Waals surface area contributed by atoms with E-state index in [1.54, 1.807) is 31.5 Å². The topological polar surface area (TPSA) is 105 Å². The molecule has 1 saturated carbocycles. The minimum Gasteiger partial charge on any atom is -0.368 e. The van der Waals surface area contributed by atoms with Crippen molar-refractivity contribution in [3.8, 4) is 0 Å². The molecule has 182 valence electrons. The number of hydrogen-bond acceptors (Lipinski definition) is 6. The second-order valence-corrected chi connectivity index (χ2v) is 10.5. The van der Waals surface area contributed by atoms with E-state index in [-0.39, 0.29) is 23.7 Å². The number of likely N-dealkylation sites (N-methyl/N-ethyl adjacent to an activating group) is 1. The van der Waals surface area contributed by atoms with Gasteiger partial charge in [-0.25, -0.2) is 4.98 Å². The summed E-state index contributed by atoms with van der Waals surface area (Å²) < 4.78 is 0. The first-order valence-corrected chi connectivity index (χ1v) is 13.1. The van der Waals surface area contributed by atoms with Crippen molar-refractivity contribution in [1.82, 2.24) is 15.2 Å². The van der Waals surface area contributed by atoms with Crippen LogP contribution in [0.25, 0.3) is 0 Å². The van der Waals surface area contributed by atoms with E-state index in [0.29, 0.717) is 17.8 Å². The maximum atomic E-state index is 14.1. The first-order valence-electron chi connectivity index (χ1n) is 12.2. The van der Waals surface area contributed by atoms with Crippen LogP contribution in [0, 0.1) is 11.8 Å². The summed E-state index contributed by atoms with van der Waals surface area (Å²) in [6, 6.07) is 8.92. The minimum atomic E-state index is -1.12. The van der Waals surface area contributed by atoms with E-state index in [9.17, 15) is 14.4 Å². The molecule has 2 amide bonds. The number of nitrogens with one attached hydrogen (secondary N) is 1. The van der Waals surface area contributed by atoms with Crippen molar-refractivity contribution < 1.29 is 14.4 Å². The highest BCUT2D eigenvalue weighted by molar-refractivity contribution is 7.10. The number of nitrogens with two attached hydrogens (primary N) is 1. The Morgan fingerprint density at radius 1 is 1.12 bits per heavy atom.